The molecule has 4 N–H and O–H groups in total. The predicted molar refractivity (Wildman–Crippen MR) is 189 cm³/mol. The van der Waals surface area contributed by atoms with Gasteiger partial charge in [-0.15, -0.1) is 6.58 Å². The van der Waals surface area contributed by atoms with Crippen LogP contribution in [0.25, 0.3) is 0 Å². The number of rotatable bonds is 16. The number of hydrogen-bond acceptors (Lipinski definition) is 7. The van der Waals surface area contributed by atoms with Crippen LogP contribution in [0.5, 0.6) is 0 Å². The van der Waals surface area contributed by atoms with Gasteiger partial charge in [-0.25, -0.2) is 4.79 Å². The fourth-order valence-corrected chi connectivity index (χ4v) is 7.36. The summed E-state index contributed by atoms with van der Waals surface area (Å²) in [6, 6.07) is -4.27. The van der Waals surface area contributed by atoms with Crippen LogP contribution in [0.1, 0.15) is 81.6 Å². The molecule has 1 aliphatic carbocycles. The van der Waals surface area contributed by atoms with E-state index in [4.69, 9.17) is 0 Å². The van der Waals surface area contributed by atoms with Crippen LogP contribution in [0.15, 0.2) is 12.7 Å². The lowest BCUT2D eigenvalue weighted by atomic mass is 9.85. The Morgan fingerprint density at radius 2 is 1.57 bits per heavy atom. The lowest BCUT2D eigenvalue weighted by molar-refractivity contribution is -0.145. The summed E-state index contributed by atoms with van der Waals surface area (Å²) in [5, 5.41) is 11.0. The summed E-state index contributed by atoms with van der Waals surface area (Å²) >= 11 is 0. The first kappa shape index (κ1) is 42.1. The van der Waals surface area contributed by atoms with Crippen LogP contribution in [0.3, 0.4) is 0 Å². The van der Waals surface area contributed by atoms with E-state index in [1.165, 1.54) is 36.4 Å². The number of likely N-dealkylation sites (N-methyl/N-ethyl adjacent to an activating group) is 1. The first-order valence-corrected chi connectivity index (χ1v) is 18.5. The third kappa shape index (κ3) is 10.0. The summed E-state index contributed by atoms with van der Waals surface area (Å²) in [7, 11) is 0.554. The third-order valence-electron chi connectivity index (χ3n) is 9.90. The molecule has 49 heavy (non-hydrogen) atoms. The number of nitrogens with one attached hydrogen (secondary N) is 4. The average Bonchev–Trinajstić information content (AvgIpc) is 3.29. The minimum absolute atomic E-state index is 0.0120. The molecule has 1 saturated carbocycles. The molecule has 1 aliphatic heterocycles. The molecule has 0 aromatic heterocycles. The second-order valence-corrected chi connectivity index (χ2v) is 18.6. The Labute approximate surface area is 293 Å². The molecule has 2 rings (SSSR count). The third-order valence-corrected chi connectivity index (χ3v) is 11.8. The number of urea groups is 1. The monoisotopic (exact) mass is 711 g/mol. The molecular weight excluding hydrogens is 650 g/mol. The largest absolute Gasteiger partial charge is 0.346 e. The Morgan fingerprint density at radius 1 is 0.980 bits per heavy atom. The van der Waals surface area contributed by atoms with Crippen molar-refractivity contribution in [3.63, 3.8) is 0 Å². The number of carbonyl (C=O) groups excluding carboxylic acids is 5. The first-order valence-electron chi connectivity index (χ1n) is 17.1. The maximum atomic E-state index is 14.4. The molecule has 2 aliphatic rings. The standard InChI is InChI=1S/C34H61N7O7S/c1-14-16-17-22(26(42)29(44)35-18-15-2)36-28(43)25-24-21(34(24,9)10)19-41(25)30(45)27(33(6,7)8)38-31(46)37-23(32(3,4)5)20-40(13)49(47,48)39(11)12/h15,21-25,27H,2,14,16-20H2,1,3-13H3,(H,35,44)(H,36,43)(H2,37,38,46)/t21?,22?,23-,24?,25?,27?/m1/s1. The zero-order chi connectivity index (χ0) is 37.9. The van der Waals surface area contributed by atoms with E-state index in [1.807, 2.05) is 62.3 Å². The molecule has 6 atom stereocenters. The van der Waals surface area contributed by atoms with E-state index in [9.17, 15) is 32.4 Å². The highest BCUT2D eigenvalue weighted by Crippen LogP contribution is 2.65. The Morgan fingerprint density at radius 3 is 2.06 bits per heavy atom. The number of ketones is 1. The van der Waals surface area contributed by atoms with Gasteiger partial charge in [0.15, 0.2) is 0 Å². The molecule has 0 bridgehead atoms. The number of amides is 5. The summed E-state index contributed by atoms with van der Waals surface area (Å²) in [5.41, 5.74) is -1.54. The van der Waals surface area contributed by atoms with Crippen molar-refractivity contribution in [2.24, 2.45) is 28.1 Å². The number of Topliss-reactive ketones (excluding diaryl/α,β-unsaturated/α-hetero) is 1. The minimum Gasteiger partial charge on any atom is -0.346 e. The van der Waals surface area contributed by atoms with Crippen molar-refractivity contribution in [2.45, 2.75) is 106 Å². The number of fused-ring (bicyclic) bond motifs is 1. The Hall–Kier alpha value is -3.04. The second-order valence-electron chi connectivity index (χ2n) is 16.4. The SMILES string of the molecule is C=CCNC(=O)C(=O)C(CCCC)NC(=O)C1C2C(CN1C(=O)C(NC(=O)N[C@H](CN(C)S(=O)(=O)N(C)C)C(C)(C)C)C(C)(C)C)C2(C)C. The number of hydrogen-bond donors (Lipinski definition) is 4. The summed E-state index contributed by atoms with van der Waals surface area (Å²) in [6.45, 7) is 21.0. The molecule has 5 unspecified atom stereocenters. The van der Waals surface area contributed by atoms with Crippen LogP contribution in [0, 0.1) is 28.1 Å². The van der Waals surface area contributed by atoms with Gasteiger partial charge in [0.1, 0.15) is 12.1 Å². The van der Waals surface area contributed by atoms with E-state index in [-0.39, 0.29) is 36.8 Å². The maximum absolute atomic E-state index is 14.4. The van der Waals surface area contributed by atoms with Crippen molar-refractivity contribution in [1.82, 2.24) is 34.8 Å². The van der Waals surface area contributed by atoms with Gasteiger partial charge in [-0.05, 0) is 34.5 Å². The summed E-state index contributed by atoms with van der Waals surface area (Å²) in [6.07, 6.45) is 3.08. The molecule has 5 amide bonds. The number of likely N-dealkylation sites (tertiary alicyclic amines) is 1. The van der Waals surface area contributed by atoms with Crippen molar-refractivity contribution in [2.75, 3.05) is 40.8 Å². The van der Waals surface area contributed by atoms with Gasteiger partial charge < -0.3 is 26.2 Å². The van der Waals surface area contributed by atoms with Gasteiger partial charge in [0, 0.05) is 46.8 Å². The number of nitrogens with zero attached hydrogens (tertiary/aromatic N) is 3. The summed E-state index contributed by atoms with van der Waals surface area (Å²) < 4.78 is 27.7. The van der Waals surface area contributed by atoms with E-state index in [1.54, 1.807) is 0 Å². The highest BCUT2D eigenvalue weighted by Gasteiger charge is 2.70. The minimum atomic E-state index is -3.74. The molecular formula is C34H61N7O7S. The van der Waals surface area contributed by atoms with Crippen molar-refractivity contribution in [3.05, 3.63) is 12.7 Å². The van der Waals surface area contributed by atoms with Gasteiger partial charge in [-0.2, -0.15) is 17.0 Å². The second kappa shape index (κ2) is 15.9. The lowest BCUT2D eigenvalue weighted by Gasteiger charge is -2.39. The van der Waals surface area contributed by atoms with Crippen molar-refractivity contribution in [1.29, 1.82) is 0 Å². The molecule has 0 aromatic carbocycles. The fourth-order valence-electron chi connectivity index (χ4n) is 6.47. The molecule has 0 aromatic rings. The van der Waals surface area contributed by atoms with Crippen LogP contribution in [0.2, 0.25) is 0 Å². The van der Waals surface area contributed by atoms with Crippen LogP contribution < -0.4 is 21.3 Å². The van der Waals surface area contributed by atoms with E-state index in [0.29, 0.717) is 13.0 Å². The van der Waals surface area contributed by atoms with Crippen LogP contribution >= 0.6 is 0 Å². The zero-order valence-electron chi connectivity index (χ0n) is 31.6. The molecule has 1 heterocycles. The van der Waals surface area contributed by atoms with Crippen LogP contribution in [-0.2, 0) is 29.4 Å². The molecule has 14 nitrogen and oxygen atoms in total. The normalized spacial score (nSPS) is 22.1. The quantitative estimate of drug-likeness (QED) is 0.140. The number of piperidine rings is 1. The number of carbonyl (C=O) groups is 5. The molecule has 0 spiro atoms. The Kier molecular flexibility index (Phi) is 13.7. The summed E-state index contributed by atoms with van der Waals surface area (Å²) in [4.78, 5) is 69.1. The molecule has 1 saturated heterocycles. The Bertz CT molecular complexity index is 1370. The van der Waals surface area contributed by atoms with Crippen molar-refractivity contribution >= 4 is 39.7 Å². The van der Waals surface area contributed by atoms with E-state index in [2.05, 4.69) is 27.8 Å². The lowest BCUT2D eigenvalue weighted by Crippen LogP contribution is -2.62. The van der Waals surface area contributed by atoms with Crippen molar-refractivity contribution < 1.29 is 32.4 Å². The van der Waals surface area contributed by atoms with Gasteiger partial charge >= 0.3 is 6.03 Å². The molecule has 0 radical (unpaired) electrons. The highest BCUT2D eigenvalue weighted by molar-refractivity contribution is 7.86. The maximum Gasteiger partial charge on any atom is 0.315 e. The van der Waals surface area contributed by atoms with Gasteiger partial charge in [0.2, 0.25) is 17.6 Å². The van der Waals surface area contributed by atoms with Gasteiger partial charge in [0.05, 0.1) is 6.04 Å². The van der Waals surface area contributed by atoms with Gasteiger partial charge in [-0.1, -0.05) is 81.2 Å². The smallest absolute Gasteiger partial charge is 0.315 e. The van der Waals surface area contributed by atoms with E-state index < -0.39 is 74.7 Å². The molecule has 280 valence electrons. The molecule has 2 fully saturated rings. The topological polar surface area (TPSA) is 177 Å². The zero-order valence-corrected chi connectivity index (χ0v) is 32.4. The van der Waals surface area contributed by atoms with Crippen LogP contribution in [-0.4, -0.2) is 116 Å². The first-order chi connectivity index (χ1) is 22.3. The predicted octanol–water partition coefficient (Wildman–Crippen LogP) is 1.88. The number of unbranched alkanes of at least 4 members (excludes halogenated alkanes) is 1. The summed E-state index contributed by atoms with van der Waals surface area (Å²) in [5.74, 6) is -2.64. The fraction of sp³-hybridized carbons (Fsp3) is 0.794. The van der Waals surface area contributed by atoms with Crippen molar-refractivity contribution in [3.8, 4) is 0 Å². The van der Waals surface area contributed by atoms with Crippen LogP contribution in [0.4, 0.5) is 4.79 Å². The average molecular weight is 712 g/mol. The van der Waals surface area contributed by atoms with Gasteiger partial charge in [-0.3, -0.25) is 19.2 Å². The molecule has 15 heteroatoms. The van der Waals surface area contributed by atoms with E-state index in [0.717, 1.165) is 10.7 Å². The van der Waals surface area contributed by atoms with E-state index >= 15 is 0 Å². The highest BCUT2D eigenvalue weighted by atomic mass is 32.2. The van der Waals surface area contributed by atoms with Gasteiger partial charge in [0.25, 0.3) is 16.1 Å². The Balaban J connectivity index is 2.35.